The maximum absolute atomic E-state index is 11.0. The smallest absolute Gasteiger partial charge is 0.149 e. The number of aromatic hydroxyl groups is 2. The summed E-state index contributed by atoms with van der Waals surface area (Å²) in [5.74, 6) is 0.634. The van der Waals surface area contributed by atoms with Crippen molar-refractivity contribution in [3.05, 3.63) is 85.0 Å². The number of hydrogen-bond acceptors (Lipinski definition) is 5. The van der Waals surface area contributed by atoms with Gasteiger partial charge in [-0.05, 0) is 83.0 Å². The summed E-state index contributed by atoms with van der Waals surface area (Å²) in [7, 11) is 0. The van der Waals surface area contributed by atoms with Crippen molar-refractivity contribution in [2.75, 3.05) is 36.0 Å². The Labute approximate surface area is 243 Å². The Morgan fingerprint density at radius 2 is 1.32 bits per heavy atom. The normalized spacial score (nSPS) is 12.8. The summed E-state index contributed by atoms with van der Waals surface area (Å²) < 4.78 is 2.15. The van der Waals surface area contributed by atoms with E-state index in [0.29, 0.717) is 11.4 Å². The molecule has 1 aromatic heterocycles. The van der Waals surface area contributed by atoms with Crippen molar-refractivity contribution < 1.29 is 10.2 Å². The van der Waals surface area contributed by atoms with Crippen molar-refractivity contribution in [3.8, 4) is 45.4 Å². The summed E-state index contributed by atoms with van der Waals surface area (Å²) in [4.78, 5) is 9.88. The average Bonchev–Trinajstić information content (AvgIpc) is 3.40. The molecule has 0 spiro atoms. The van der Waals surface area contributed by atoms with E-state index in [2.05, 4.69) is 109 Å². The molecule has 6 heteroatoms. The van der Waals surface area contributed by atoms with Gasteiger partial charge in [-0.25, -0.2) is 4.98 Å². The van der Waals surface area contributed by atoms with Crippen LogP contribution < -0.4 is 9.80 Å². The van der Waals surface area contributed by atoms with Gasteiger partial charge in [-0.15, -0.1) is 0 Å². The second-order valence-corrected chi connectivity index (χ2v) is 10.2. The molecule has 0 aliphatic heterocycles. The molecule has 0 saturated carbocycles. The number of hydrogen-bond donors (Lipinski definition) is 2. The van der Waals surface area contributed by atoms with E-state index in [1.807, 2.05) is 0 Å². The van der Waals surface area contributed by atoms with E-state index in [4.69, 9.17) is 4.98 Å². The number of aromatic nitrogens is 2. The van der Waals surface area contributed by atoms with Gasteiger partial charge in [0.25, 0.3) is 0 Å². The SMILES string of the molecule is CCN(CC)c1ccc(-c2nc(-c3ccc(O)cc3O)n(C3=CCCC=C3)c2-c2ccc(N(CC)CC)cc2)cc1. The first-order valence-corrected chi connectivity index (χ1v) is 14.7. The van der Waals surface area contributed by atoms with Gasteiger partial charge in [-0.2, -0.15) is 0 Å². The topological polar surface area (TPSA) is 64.8 Å². The Balaban J connectivity index is 1.77. The van der Waals surface area contributed by atoms with E-state index in [1.54, 1.807) is 12.1 Å². The third-order valence-electron chi connectivity index (χ3n) is 7.87. The molecule has 1 aliphatic rings. The lowest BCUT2D eigenvalue weighted by Gasteiger charge is -2.22. The Bertz CT molecular complexity index is 1540. The monoisotopic (exact) mass is 548 g/mol. The zero-order valence-corrected chi connectivity index (χ0v) is 24.5. The molecule has 1 heterocycles. The van der Waals surface area contributed by atoms with Crippen molar-refractivity contribution in [3.63, 3.8) is 0 Å². The molecule has 0 bridgehead atoms. The fourth-order valence-electron chi connectivity index (χ4n) is 5.63. The van der Waals surface area contributed by atoms with Crippen molar-refractivity contribution in [2.45, 2.75) is 40.5 Å². The van der Waals surface area contributed by atoms with Crippen molar-refractivity contribution in [1.82, 2.24) is 9.55 Å². The summed E-state index contributed by atoms with van der Waals surface area (Å²) in [6.45, 7) is 12.5. The molecule has 41 heavy (non-hydrogen) atoms. The molecule has 3 aromatic carbocycles. The van der Waals surface area contributed by atoms with Crippen molar-refractivity contribution in [1.29, 1.82) is 0 Å². The van der Waals surface area contributed by atoms with Crippen LogP contribution in [0.2, 0.25) is 0 Å². The summed E-state index contributed by atoms with van der Waals surface area (Å²) >= 11 is 0. The first-order valence-electron chi connectivity index (χ1n) is 14.7. The number of phenolic OH excluding ortho intramolecular Hbond substituents is 2. The fourth-order valence-corrected chi connectivity index (χ4v) is 5.63. The third-order valence-corrected chi connectivity index (χ3v) is 7.87. The van der Waals surface area contributed by atoms with Gasteiger partial charge in [0, 0.05) is 60.4 Å². The van der Waals surface area contributed by atoms with Gasteiger partial charge in [-0.3, -0.25) is 4.57 Å². The molecule has 2 N–H and O–H groups in total. The van der Waals surface area contributed by atoms with E-state index >= 15 is 0 Å². The predicted octanol–water partition coefficient (Wildman–Crippen LogP) is 8.18. The summed E-state index contributed by atoms with van der Waals surface area (Å²) in [6, 6.07) is 22.0. The number of phenols is 2. The van der Waals surface area contributed by atoms with Crippen LogP contribution in [0.5, 0.6) is 11.5 Å². The molecular formula is C35H40N4O2. The van der Waals surface area contributed by atoms with Crippen molar-refractivity contribution >= 4 is 17.1 Å². The molecular weight excluding hydrogens is 508 g/mol. The second kappa shape index (κ2) is 12.4. The summed E-state index contributed by atoms with van der Waals surface area (Å²) in [6.07, 6.45) is 8.46. The lowest BCUT2D eigenvalue weighted by atomic mass is 10.0. The minimum Gasteiger partial charge on any atom is -0.508 e. The molecule has 0 unspecified atom stereocenters. The summed E-state index contributed by atoms with van der Waals surface area (Å²) in [5.41, 5.74) is 7.79. The number of allylic oxidation sites excluding steroid dienone is 4. The van der Waals surface area contributed by atoms with Crippen LogP contribution in [0.4, 0.5) is 11.4 Å². The number of anilines is 2. The van der Waals surface area contributed by atoms with Crippen molar-refractivity contribution in [2.24, 2.45) is 0 Å². The molecule has 4 aromatic rings. The van der Waals surface area contributed by atoms with Crippen LogP contribution in [0.15, 0.2) is 85.0 Å². The van der Waals surface area contributed by atoms with Crippen LogP contribution in [-0.4, -0.2) is 45.9 Å². The number of nitrogens with zero attached hydrogens (tertiary/aromatic N) is 4. The third kappa shape index (κ3) is 5.60. The average molecular weight is 549 g/mol. The van der Waals surface area contributed by atoms with Crippen LogP contribution in [0.25, 0.3) is 39.6 Å². The maximum Gasteiger partial charge on any atom is 0.149 e. The molecule has 0 saturated heterocycles. The largest absolute Gasteiger partial charge is 0.508 e. The van der Waals surface area contributed by atoms with Crippen LogP contribution in [0.3, 0.4) is 0 Å². The van der Waals surface area contributed by atoms with Gasteiger partial charge < -0.3 is 20.0 Å². The predicted molar refractivity (Wildman–Crippen MR) is 172 cm³/mol. The van der Waals surface area contributed by atoms with E-state index in [-0.39, 0.29) is 11.5 Å². The van der Waals surface area contributed by atoms with Gasteiger partial charge >= 0.3 is 0 Å². The Kier molecular flexibility index (Phi) is 8.48. The van der Waals surface area contributed by atoms with Crippen LogP contribution in [0, 0.1) is 0 Å². The maximum atomic E-state index is 11.0. The van der Waals surface area contributed by atoms with Gasteiger partial charge in [0.05, 0.1) is 17.0 Å². The Morgan fingerprint density at radius 1 is 0.732 bits per heavy atom. The first kappa shape index (κ1) is 28.1. The second-order valence-electron chi connectivity index (χ2n) is 10.2. The molecule has 5 rings (SSSR count). The minimum atomic E-state index is -0.0106. The zero-order valence-electron chi connectivity index (χ0n) is 24.5. The van der Waals surface area contributed by atoms with Gasteiger partial charge in [0.15, 0.2) is 0 Å². The van der Waals surface area contributed by atoms with E-state index in [0.717, 1.165) is 67.2 Å². The highest BCUT2D eigenvalue weighted by molar-refractivity contribution is 5.88. The first-order chi connectivity index (χ1) is 20.0. The minimum absolute atomic E-state index is 0.0106. The molecule has 0 atom stereocenters. The van der Waals surface area contributed by atoms with Crippen LogP contribution >= 0.6 is 0 Å². The van der Waals surface area contributed by atoms with E-state index in [1.165, 1.54) is 17.4 Å². The van der Waals surface area contributed by atoms with Gasteiger partial charge in [0.1, 0.15) is 17.3 Å². The zero-order chi connectivity index (χ0) is 28.9. The molecule has 0 radical (unpaired) electrons. The number of benzene rings is 3. The number of rotatable bonds is 10. The summed E-state index contributed by atoms with van der Waals surface area (Å²) in [5, 5.41) is 21.0. The lowest BCUT2D eigenvalue weighted by Crippen LogP contribution is -2.21. The Hall–Kier alpha value is -4.45. The van der Waals surface area contributed by atoms with Gasteiger partial charge in [-0.1, -0.05) is 36.4 Å². The lowest BCUT2D eigenvalue weighted by molar-refractivity contribution is 0.451. The molecule has 0 fully saturated rings. The highest BCUT2D eigenvalue weighted by Crippen LogP contribution is 2.42. The van der Waals surface area contributed by atoms with E-state index < -0.39 is 0 Å². The number of imidazole rings is 1. The van der Waals surface area contributed by atoms with E-state index in [9.17, 15) is 10.2 Å². The highest BCUT2D eigenvalue weighted by Gasteiger charge is 2.25. The molecule has 6 nitrogen and oxygen atoms in total. The highest BCUT2D eigenvalue weighted by atomic mass is 16.3. The molecule has 212 valence electrons. The molecule has 0 amide bonds. The fraction of sp³-hybridized carbons (Fsp3) is 0.286. The Morgan fingerprint density at radius 3 is 1.83 bits per heavy atom. The quantitative estimate of drug-likeness (QED) is 0.209. The molecule has 1 aliphatic carbocycles. The van der Waals surface area contributed by atoms with Crippen LogP contribution in [-0.2, 0) is 0 Å². The standard InChI is InChI=1S/C35H40N4O2/c1-5-37(6-2)27-18-14-25(15-19-27)33-34(26-16-20-28(21-17-26)38(7-3)8-4)39(29-12-10-9-11-13-29)35(36-33)31-23-22-30(40)24-32(31)41/h10,12-24,40-41H,5-9,11H2,1-4H3. The van der Waals surface area contributed by atoms with Crippen LogP contribution in [0.1, 0.15) is 40.5 Å². The van der Waals surface area contributed by atoms with Gasteiger partial charge in [0.2, 0.25) is 0 Å².